The van der Waals surface area contributed by atoms with E-state index in [1.807, 2.05) is 30.3 Å². The van der Waals surface area contributed by atoms with Crippen LogP contribution >= 0.6 is 0 Å². The Kier molecular flexibility index (Phi) is 3.74. The predicted octanol–water partition coefficient (Wildman–Crippen LogP) is 1.45. The number of hydrogen-bond donors (Lipinski definition) is 2. The Morgan fingerprint density at radius 2 is 2.17 bits per heavy atom. The van der Waals surface area contributed by atoms with E-state index in [-0.39, 0.29) is 18.3 Å². The minimum atomic E-state index is -0.455. The number of amides is 1. The molecule has 94 valence electrons. The van der Waals surface area contributed by atoms with Crippen LogP contribution in [-0.2, 0) is 0 Å². The molecule has 2 rings (SSSR count). The summed E-state index contributed by atoms with van der Waals surface area (Å²) in [6, 6.07) is 8.81. The largest absolute Gasteiger partial charge is 0.394 e. The molecule has 0 aliphatic rings. The van der Waals surface area contributed by atoms with Crippen LogP contribution in [0.5, 0.6) is 0 Å². The van der Waals surface area contributed by atoms with Gasteiger partial charge in [0.2, 0.25) is 5.76 Å². The quantitative estimate of drug-likeness (QED) is 0.856. The molecule has 1 aromatic carbocycles. The van der Waals surface area contributed by atoms with E-state index in [0.29, 0.717) is 5.56 Å². The molecule has 0 spiro atoms. The first-order valence-electron chi connectivity index (χ1n) is 5.60. The zero-order chi connectivity index (χ0) is 13.0. The fraction of sp³-hybridized carbons (Fsp3) is 0.231. The second kappa shape index (κ2) is 5.46. The standard InChI is InChI=1S/C13H14N2O3/c1-9-7-14-18-12(9)13(17)15-11(8-16)10-5-3-2-4-6-10/h2-7,11,16H,8H2,1H3,(H,15,17)/t11-/m0/s1. The lowest BCUT2D eigenvalue weighted by molar-refractivity contribution is 0.0878. The maximum atomic E-state index is 11.9. The molecular formula is C13H14N2O3. The number of aliphatic hydroxyl groups is 1. The van der Waals surface area contributed by atoms with E-state index >= 15 is 0 Å². The highest BCUT2D eigenvalue weighted by Gasteiger charge is 2.19. The van der Waals surface area contributed by atoms with Crippen molar-refractivity contribution in [1.29, 1.82) is 0 Å². The zero-order valence-electron chi connectivity index (χ0n) is 9.96. The van der Waals surface area contributed by atoms with Gasteiger partial charge in [0.1, 0.15) is 0 Å². The number of aliphatic hydroxyl groups excluding tert-OH is 1. The fourth-order valence-electron chi connectivity index (χ4n) is 1.65. The minimum Gasteiger partial charge on any atom is -0.394 e. The predicted molar refractivity (Wildman–Crippen MR) is 65.0 cm³/mol. The number of carbonyl (C=O) groups excluding carboxylic acids is 1. The van der Waals surface area contributed by atoms with Gasteiger partial charge in [-0.05, 0) is 12.5 Å². The molecule has 5 nitrogen and oxygen atoms in total. The van der Waals surface area contributed by atoms with Crippen LogP contribution in [-0.4, -0.2) is 22.8 Å². The van der Waals surface area contributed by atoms with Crippen LogP contribution < -0.4 is 5.32 Å². The van der Waals surface area contributed by atoms with Crippen molar-refractivity contribution in [3.05, 3.63) is 53.4 Å². The summed E-state index contributed by atoms with van der Waals surface area (Å²) in [6.07, 6.45) is 1.48. The molecule has 2 aromatic rings. The molecule has 5 heteroatoms. The zero-order valence-corrected chi connectivity index (χ0v) is 9.96. The summed E-state index contributed by atoms with van der Waals surface area (Å²) in [6.45, 7) is 1.56. The van der Waals surface area contributed by atoms with Gasteiger partial charge in [-0.15, -0.1) is 0 Å². The van der Waals surface area contributed by atoms with Gasteiger partial charge in [0.15, 0.2) is 0 Å². The second-order valence-corrected chi connectivity index (χ2v) is 3.96. The first kappa shape index (κ1) is 12.3. The van der Waals surface area contributed by atoms with Crippen molar-refractivity contribution >= 4 is 5.91 Å². The summed E-state index contributed by atoms with van der Waals surface area (Å²) in [5, 5.41) is 15.6. The average Bonchev–Trinajstić information content (AvgIpc) is 2.83. The van der Waals surface area contributed by atoms with Gasteiger partial charge >= 0.3 is 0 Å². The number of hydrogen-bond acceptors (Lipinski definition) is 4. The van der Waals surface area contributed by atoms with Crippen LogP contribution in [0, 0.1) is 6.92 Å². The monoisotopic (exact) mass is 246 g/mol. The van der Waals surface area contributed by atoms with Gasteiger partial charge in [-0.1, -0.05) is 35.5 Å². The Bertz CT molecular complexity index is 522. The van der Waals surface area contributed by atoms with Crippen molar-refractivity contribution < 1.29 is 14.4 Å². The molecule has 0 fully saturated rings. The Morgan fingerprint density at radius 3 is 2.72 bits per heavy atom. The Hall–Kier alpha value is -2.14. The van der Waals surface area contributed by atoms with Crippen molar-refractivity contribution in [2.45, 2.75) is 13.0 Å². The summed E-state index contributed by atoms with van der Waals surface area (Å²) in [4.78, 5) is 11.9. The van der Waals surface area contributed by atoms with Crippen molar-refractivity contribution in [1.82, 2.24) is 10.5 Å². The van der Waals surface area contributed by atoms with E-state index in [4.69, 9.17) is 4.52 Å². The molecule has 1 aromatic heterocycles. The van der Waals surface area contributed by atoms with Crippen LogP contribution in [0.3, 0.4) is 0 Å². The highest BCUT2D eigenvalue weighted by molar-refractivity contribution is 5.92. The highest BCUT2D eigenvalue weighted by Crippen LogP contribution is 2.13. The number of benzene rings is 1. The van der Waals surface area contributed by atoms with Crippen molar-refractivity contribution in [3.63, 3.8) is 0 Å². The van der Waals surface area contributed by atoms with Crippen LogP contribution in [0.4, 0.5) is 0 Å². The second-order valence-electron chi connectivity index (χ2n) is 3.96. The molecule has 0 aliphatic carbocycles. The van der Waals surface area contributed by atoms with Crippen molar-refractivity contribution in [2.24, 2.45) is 0 Å². The Balaban J connectivity index is 2.13. The lowest BCUT2D eigenvalue weighted by Crippen LogP contribution is -2.30. The molecule has 0 saturated heterocycles. The van der Waals surface area contributed by atoms with Crippen molar-refractivity contribution in [2.75, 3.05) is 6.61 Å². The maximum Gasteiger partial charge on any atom is 0.290 e. The van der Waals surface area contributed by atoms with E-state index in [2.05, 4.69) is 10.5 Å². The number of aryl methyl sites for hydroxylation is 1. The van der Waals surface area contributed by atoms with Crippen LogP contribution in [0.25, 0.3) is 0 Å². The number of rotatable bonds is 4. The topological polar surface area (TPSA) is 75.4 Å². The van der Waals surface area contributed by atoms with Gasteiger partial charge in [0.05, 0.1) is 18.8 Å². The van der Waals surface area contributed by atoms with Gasteiger partial charge in [0, 0.05) is 5.56 Å². The van der Waals surface area contributed by atoms with Crippen molar-refractivity contribution in [3.8, 4) is 0 Å². The summed E-state index contributed by atoms with van der Waals surface area (Å²) >= 11 is 0. The molecular weight excluding hydrogens is 232 g/mol. The minimum absolute atomic E-state index is 0.171. The molecule has 18 heavy (non-hydrogen) atoms. The average molecular weight is 246 g/mol. The normalized spacial score (nSPS) is 12.1. The van der Waals surface area contributed by atoms with Crippen LogP contribution in [0.15, 0.2) is 41.1 Å². The molecule has 1 atom stereocenters. The Morgan fingerprint density at radius 1 is 1.44 bits per heavy atom. The van der Waals surface area contributed by atoms with E-state index in [1.165, 1.54) is 6.20 Å². The van der Waals surface area contributed by atoms with E-state index in [0.717, 1.165) is 5.56 Å². The summed E-state index contributed by atoms with van der Waals surface area (Å²) in [7, 11) is 0. The van der Waals surface area contributed by atoms with Gasteiger partial charge in [-0.3, -0.25) is 4.79 Å². The molecule has 2 N–H and O–H groups in total. The van der Waals surface area contributed by atoms with E-state index in [9.17, 15) is 9.90 Å². The molecule has 1 heterocycles. The number of nitrogens with zero attached hydrogens (tertiary/aromatic N) is 1. The molecule has 0 radical (unpaired) electrons. The third-order valence-electron chi connectivity index (χ3n) is 2.64. The first-order valence-corrected chi connectivity index (χ1v) is 5.60. The molecule has 0 unspecified atom stereocenters. The fourth-order valence-corrected chi connectivity index (χ4v) is 1.65. The van der Waals surface area contributed by atoms with Gasteiger partial charge in [0.25, 0.3) is 5.91 Å². The molecule has 0 aliphatic heterocycles. The van der Waals surface area contributed by atoms with Gasteiger partial charge in [-0.2, -0.15) is 0 Å². The number of nitrogens with one attached hydrogen (secondary N) is 1. The van der Waals surface area contributed by atoms with Crippen LogP contribution in [0.1, 0.15) is 27.7 Å². The Labute approximate surface area is 104 Å². The molecule has 0 bridgehead atoms. The smallest absolute Gasteiger partial charge is 0.290 e. The highest BCUT2D eigenvalue weighted by atomic mass is 16.5. The van der Waals surface area contributed by atoms with Gasteiger partial charge in [-0.25, -0.2) is 0 Å². The lowest BCUT2D eigenvalue weighted by atomic mass is 10.1. The third-order valence-corrected chi connectivity index (χ3v) is 2.64. The summed E-state index contributed by atoms with van der Waals surface area (Å²) in [5.74, 6) is -0.211. The maximum absolute atomic E-state index is 11.9. The SMILES string of the molecule is Cc1cnoc1C(=O)N[C@@H](CO)c1ccccc1. The molecule has 0 saturated carbocycles. The number of carbonyl (C=O) groups is 1. The van der Waals surface area contributed by atoms with Gasteiger partial charge < -0.3 is 14.9 Å². The first-order chi connectivity index (χ1) is 8.72. The van der Waals surface area contributed by atoms with E-state index < -0.39 is 6.04 Å². The summed E-state index contributed by atoms with van der Waals surface area (Å²) < 4.78 is 4.86. The number of aromatic nitrogens is 1. The van der Waals surface area contributed by atoms with Crippen LogP contribution in [0.2, 0.25) is 0 Å². The third kappa shape index (κ3) is 2.57. The summed E-state index contributed by atoms with van der Waals surface area (Å²) in [5.41, 5.74) is 1.50. The molecule has 1 amide bonds. The lowest BCUT2D eigenvalue weighted by Gasteiger charge is -2.15. The van der Waals surface area contributed by atoms with E-state index in [1.54, 1.807) is 6.92 Å².